The van der Waals surface area contributed by atoms with Crippen LogP contribution in [0.1, 0.15) is 19.8 Å². The number of rotatable bonds is 8. The van der Waals surface area contributed by atoms with Crippen molar-refractivity contribution < 1.29 is 9.53 Å². The van der Waals surface area contributed by atoms with E-state index in [0.29, 0.717) is 6.54 Å². The lowest BCUT2D eigenvalue weighted by Gasteiger charge is -2.13. The Morgan fingerprint density at radius 3 is 2.50 bits per heavy atom. The molecule has 2 amide bonds. The molecule has 0 saturated carbocycles. The number of hydrogen-bond donors (Lipinski definition) is 2. The summed E-state index contributed by atoms with van der Waals surface area (Å²) in [5.74, 6) is 0. The van der Waals surface area contributed by atoms with Gasteiger partial charge < -0.3 is 20.3 Å². The van der Waals surface area contributed by atoms with Crippen LogP contribution in [-0.2, 0) is 4.74 Å². The molecule has 0 aliphatic rings. The highest BCUT2D eigenvalue weighted by Gasteiger charge is 2.01. The van der Waals surface area contributed by atoms with Crippen LogP contribution in [0.4, 0.5) is 16.2 Å². The van der Waals surface area contributed by atoms with Gasteiger partial charge in [-0.3, -0.25) is 0 Å². The van der Waals surface area contributed by atoms with Crippen molar-refractivity contribution in [3.05, 3.63) is 24.3 Å². The average molecular weight is 279 g/mol. The number of unbranched alkanes of at least 4 members (excludes halogenated alkanes) is 1. The minimum absolute atomic E-state index is 0.168. The predicted octanol–water partition coefficient (Wildman–Crippen LogP) is 2.69. The highest BCUT2D eigenvalue weighted by molar-refractivity contribution is 5.89. The summed E-state index contributed by atoms with van der Waals surface area (Å²) in [6, 6.07) is 7.56. The number of ether oxygens (including phenoxy) is 1. The minimum atomic E-state index is -0.168. The van der Waals surface area contributed by atoms with Crippen molar-refractivity contribution >= 4 is 17.4 Å². The second-order valence-corrected chi connectivity index (χ2v) is 4.73. The van der Waals surface area contributed by atoms with E-state index in [4.69, 9.17) is 4.74 Å². The number of hydrogen-bond acceptors (Lipinski definition) is 3. The van der Waals surface area contributed by atoms with Gasteiger partial charge >= 0.3 is 6.03 Å². The molecule has 0 bridgehead atoms. The molecular formula is C15H25N3O2. The van der Waals surface area contributed by atoms with E-state index >= 15 is 0 Å². The van der Waals surface area contributed by atoms with E-state index in [1.54, 1.807) is 0 Å². The second kappa shape index (κ2) is 9.20. The molecule has 2 N–H and O–H groups in total. The van der Waals surface area contributed by atoms with Crippen LogP contribution in [0.2, 0.25) is 0 Å². The molecule has 0 unspecified atom stereocenters. The van der Waals surface area contributed by atoms with Crippen LogP contribution in [0, 0.1) is 0 Å². The van der Waals surface area contributed by atoms with Crippen molar-refractivity contribution in [3.8, 4) is 0 Å². The van der Waals surface area contributed by atoms with E-state index in [-0.39, 0.29) is 6.03 Å². The molecule has 112 valence electrons. The Labute approximate surface area is 121 Å². The molecule has 5 heteroatoms. The Balaban J connectivity index is 2.21. The molecule has 5 nitrogen and oxygen atoms in total. The summed E-state index contributed by atoms with van der Waals surface area (Å²) < 4.78 is 5.23. The first-order chi connectivity index (χ1) is 9.63. The summed E-state index contributed by atoms with van der Waals surface area (Å²) in [6.07, 6.45) is 1.89. The summed E-state index contributed by atoms with van der Waals surface area (Å²) in [5, 5.41) is 5.64. The van der Waals surface area contributed by atoms with Crippen molar-refractivity contribution in [2.45, 2.75) is 19.8 Å². The average Bonchev–Trinajstić information content (AvgIpc) is 2.43. The maximum absolute atomic E-state index is 11.7. The fraction of sp³-hybridized carbons (Fsp3) is 0.533. The van der Waals surface area contributed by atoms with Crippen LogP contribution >= 0.6 is 0 Å². The number of nitrogens with one attached hydrogen (secondary N) is 2. The number of benzene rings is 1. The van der Waals surface area contributed by atoms with Gasteiger partial charge in [-0.25, -0.2) is 4.79 Å². The highest BCUT2D eigenvalue weighted by Crippen LogP contribution is 2.15. The summed E-state index contributed by atoms with van der Waals surface area (Å²) in [4.78, 5) is 13.7. The third-order valence-corrected chi connectivity index (χ3v) is 2.85. The Bertz CT molecular complexity index is 391. The first-order valence-electron chi connectivity index (χ1n) is 7.03. The zero-order valence-electron chi connectivity index (χ0n) is 12.6. The van der Waals surface area contributed by atoms with Crippen molar-refractivity contribution in [2.24, 2.45) is 0 Å². The summed E-state index contributed by atoms with van der Waals surface area (Å²) in [6.45, 7) is 4.14. The summed E-state index contributed by atoms with van der Waals surface area (Å²) >= 11 is 0. The predicted molar refractivity (Wildman–Crippen MR) is 83.5 cm³/mol. The molecule has 0 aromatic heterocycles. The third-order valence-electron chi connectivity index (χ3n) is 2.85. The molecule has 0 spiro atoms. The monoisotopic (exact) mass is 279 g/mol. The van der Waals surface area contributed by atoms with Gasteiger partial charge in [-0.05, 0) is 44.0 Å². The Hall–Kier alpha value is -1.75. The Morgan fingerprint density at radius 2 is 1.90 bits per heavy atom. The van der Waals surface area contributed by atoms with Gasteiger partial charge in [0.2, 0.25) is 0 Å². The zero-order valence-corrected chi connectivity index (χ0v) is 12.6. The van der Waals surface area contributed by atoms with Crippen molar-refractivity contribution in [3.63, 3.8) is 0 Å². The second-order valence-electron chi connectivity index (χ2n) is 4.73. The van der Waals surface area contributed by atoms with Gasteiger partial charge in [0.1, 0.15) is 0 Å². The van der Waals surface area contributed by atoms with Gasteiger partial charge in [0.25, 0.3) is 0 Å². The number of urea groups is 1. The molecule has 0 heterocycles. The molecule has 1 aromatic rings. The highest BCUT2D eigenvalue weighted by atomic mass is 16.5. The normalized spacial score (nSPS) is 10.2. The van der Waals surface area contributed by atoms with Gasteiger partial charge in [-0.15, -0.1) is 0 Å². The molecular weight excluding hydrogens is 254 g/mol. The Morgan fingerprint density at radius 1 is 1.20 bits per heavy atom. The van der Waals surface area contributed by atoms with Crippen molar-refractivity contribution in [2.75, 3.05) is 44.1 Å². The van der Waals surface area contributed by atoms with E-state index in [1.807, 2.05) is 50.2 Å². The van der Waals surface area contributed by atoms with E-state index in [9.17, 15) is 4.79 Å². The van der Waals surface area contributed by atoms with Gasteiger partial charge in [0.15, 0.2) is 0 Å². The molecule has 0 saturated heterocycles. The number of carbonyl (C=O) groups is 1. The molecule has 1 rings (SSSR count). The van der Waals surface area contributed by atoms with Gasteiger partial charge in [-0.2, -0.15) is 0 Å². The first kappa shape index (κ1) is 16.3. The Kier molecular flexibility index (Phi) is 7.50. The molecule has 0 aliphatic heterocycles. The van der Waals surface area contributed by atoms with Gasteiger partial charge in [0.05, 0.1) is 0 Å². The fourth-order valence-electron chi connectivity index (χ4n) is 1.69. The number of carbonyl (C=O) groups excluding carboxylic acids is 1. The molecule has 0 radical (unpaired) electrons. The van der Waals surface area contributed by atoms with Crippen LogP contribution in [0.25, 0.3) is 0 Å². The molecule has 0 atom stereocenters. The van der Waals surface area contributed by atoms with Crippen LogP contribution in [0.5, 0.6) is 0 Å². The maximum atomic E-state index is 11.7. The van der Waals surface area contributed by atoms with Crippen molar-refractivity contribution in [1.82, 2.24) is 5.32 Å². The molecule has 0 aliphatic carbocycles. The topological polar surface area (TPSA) is 53.6 Å². The van der Waals surface area contributed by atoms with Gasteiger partial charge in [-0.1, -0.05) is 0 Å². The number of nitrogens with zero attached hydrogens (tertiary/aromatic N) is 1. The minimum Gasteiger partial charge on any atom is -0.382 e. The standard InChI is InChI=1S/C15H25N3O2/c1-4-20-12-6-5-11-16-15(19)17-13-7-9-14(10-8-13)18(2)3/h7-10H,4-6,11-12H2,1-3H3,(H2,16,17,19). The van der Waals surface area contributed by atoms with Crippen LogP contribution in [-0.4, -0.2) is 39.9 Å². The molecule has 1 aromatic carbocycles. The zero-order chi connectivity index (χ0) is 14.8. The van der Waals surface area contributed by atoms with E-state index in [0.717, 1.165) is 37.4 Å². The van der Waals surface area contributed by atoms with E-state index in [2.05, 4.69) is 10.6 Å². The largest absolute Gasteiger partial charge is 0.382 e. The van der Waals surface area contributed by atoms with Gasteiger partial charge in [0, 0.05) is 45.2 Å². The molecule has 0 fully saturated rings. The third kappa shape index (κ3) is 6.43. The van der Waals surface area contributed by atoms with Crippen LogP contribution in [0.3, 0.4) is 0 Å². The fourth-order valence-corrected chi connectivity index (χ4v) is 1.69. The van der Waals surface area contributed by atoms with E-state index < -0.39 is 0 Å². The lowest BCUT2D eigenvalue weighted by atomic mass is 10.2. The quantitative estimate of drug-likeness (QED) is 0.719. The number of amides is 2. The maximum Gasteiger partial charge on any atom is 0.319 e. The lowest BCUT2D eigenvalue weighted by Crippen LogP contribution is -2.29. The summed E-state index contributed by atoms with van der Waals surface area (Å²) in [5.41, 5.74) is 1.90. The SMILES string of the molecule is CCOCCCCNC(=O)Nc1ccc(N(C)C)cc1. The van der Waals surface area contributed by atoms with Crippen LogP contribution < -0.4 is 15.5 Å². The summed E-state index contributed by atoms with van der Waals surface area (Å²) in [7, 11) is 3.97. The van der Waals surface area contributed by atoms with Crippen LogP contribution in [0.15, 0.2) is 24.3 Å². The number of anilines is 2. The first-order valence-corrected chi connectivity index (χ1v) is 7.03. The van der Waals surface area contributed by atoms with Crippen molar-refractivity contribution in [1.29, 1.82) is 0 Å². The lowest BCUT2D eigenvalue weighted by molar-refractivity contribution is 0.143. The van der Waals surface area contributed by atoms with E-state index in [1.165, 1.54) is 0 Å². The smallest absolute Gasteiger partial charge is 0.319 e. The molecule has 20 heavy (non-hydrogen) atoms.